The Balaban J connectivity index is 2.37. The summed E-state index contributed by atoms with van der Waals surface area (Å²) in [5.41, 5.74) is 0. The zero-order valence-electron chi connectivity index (χ0n) is 8.33. The molecule has 0 amide bonds. The fourth-order valence-corrected chi connectivity index (χ4v) is 1.80. The van der Waals surface area contributed by atoms with Crippen LogP contribution in [-0.2, 0) is 10.1 Å². The first-order valence-corrected chi connectivity index (χ1v) is 6.20. The molecule has 0 aromatic rings. The van der Waals surface area contributed by atoms with Gasteiger partial charge in [0, 0.05) is 0 Å². The lowest BCUT2D eigenvalue weighted by Crippen LogP contribution is -2.25. The number of rotatable bonds is 6. The lowest BCUT2D eigenvalue weighted by Gasteiger charge is -2.05. The van der Waals surface area contributed by atoms with Crippen LogP contribution in [0.15, 0.2) is 25.1 Å². The summed E-state index contributed by atoms with van der Waals surface area (Å²) in [4.78, 5) is 5.98. The Morgan fingerprint density at radius 3 is 2.93 bits per heavy atom. The summed E-state index contributed by atoms with van der Waals surface area (Å²) in [6, 6.07) is 0. The van der Waals surface area contributed by atoms with Gasteiger partial charge >= 0.3 is 0 Å². The fraction of sp³-hybridized carbons (Fsp3) is 0.444. The molecule has 0 saturated carbocycles. The molecular weight excluding hydrogens is 216 g/mol. The van der Waals surface area contributed by atoms with Crippen LogP contribution >= 0.6 is 0 Å². The molecule has 83 valence electrons. The van der Waals surface area contributed by atoms with Crippen LogP contribution in [0.2, 0.25) is 0 Å². The first kappa shape index (κ1) is 11.9. The molecule has 1 rings (SSSR count). The van der Waals surface area contributed by atoms with Crippen molar-refractivity contribution in [2.45, 2.75) is 12.8 Å². The van der Waals surface area contributed by atoms with Gasteiger partial charge in [-0.3, -0.25) is 4.55 Å². The average molecular weight is 230 g/mol. The van der Waals surface area contributed by atoms with Crippen molar-refractivity contribution in [1.82, 2.24) is 9.89 Å². The van der Waals surface area contributed by atoms with E-state index in [1.807, 2.05) is 11.1 Å². The maximum absolute atomic E-state index is 10.5. The molecule has 1 N–H and O–H groups in total. The van der Waals surface area contributed by atoms with Gasteiger partial charge in [0.15, 0.2) is 6.20 Å². The number of hydrogen-bond donors (Lipinski definition) is 1. The normalized spacial score (nSPS) is 15.5. The second-order valence-electron chi connectivity index (χ2n) is 3.17. The molecule has 1 aliphatic heterocycles. The summed E-state index contributed by atoms with van der Waals surface area (Å²) >= 11 is 0. The molecule has 0 fully saturated rings. The molecule has 0 bridgehead atoms. The summed E-state index contributed by atoms with van der Waals surface area (Å²) in [6.07, 6.45) is 6.11. The predicted molar refractivity (Wildman–Crippen MR) is 58.8 cm³/mol. The second-order valence-corrected chi connectivity index (χ2v) is 4.75. The fourth-order valence-electron chi connectivity index (χ4n) is 1.29. The van der Waals surface area contributed by atoms with E-state index in [1.165, 1.54) is 0 Å². The van der Waals surface area contributed by atoms with E-state index in [-0.39, 0.29) is 5.75 Å². The van der Waals surface area contributed by atoms with E-state index in [2.05, 4.69) is 11.6 Å². The molecule has 6 heteroatoms. The standard InChI is InChI=1S/C9H14N2O3S/c1-2-6-11-7-5-10-9(11)4-3-8-15(12,13)14/h2,5,7H,1,3-4,6,8H2,(H,12,13,14)/q+1. The van der Waals surface area contributed by atoms with Gasteiger partial charge in [-0.25, -0.2) is 4.90 Å². The lowest BCUT2D eigenvalue weighted by molar-refractivity contribution is 0.481. The molecule has 0 unspecified atom stereocenters. The van der Waals surface area contributed by atoms with Crippen molar-refractivity contribution in [3.8, 4) is 0 Å². The van der Waals surface area contributed by atoms with E-state index in [0.29, 0.717) is 19.4 Å². The van der Waals surface area contributed by atoms with Gasteiger partial charge in [-0.2, -0.15) is 8.42 Å². The van der Waals surface area contributed by atoms with Crippen molar-refractivity contribution in [1.29, 1.82) is 0 Å². The Hall–Kier alpha value is -1.14. The van der Waals surface area contributed by atoms with E-state index in [0.717, 1.165) is 5.84 Å². The van der Waals surface area contributed by atoms with Crippen molar-refractivity contribution >= 4 is 16.0 Å². The lowest BCUT2D eigenvalue weighted by atomic mass is 10.3. The Kier molecular flexibility index (Phi) is 4.05. The maximum Gasteiger partial charge on any atom is 0.298 e. The molecule has 0 aromatic carbocycles. The van der Waals surface area contributed by atoms with Crippen molar-refractivity contribution < 1.29 is 13.0 Å². The average Bonchev–Trinajstić information content (AvgIpc) is 2.51. The quantitative estimate of drug-likeness (QED) is 0.528. The van der Waals surface area contributed by atoms with Crippen LogP contribution < -0.4 is 4.99 Å². The van der Waals surface area contributed by atoms with Crippen molar-refractivity contribution in [3.05, 3.63) is 25.1 Å². The molecule has 0 atom stereocenters. The number of amidine groups is 1. The largest absolute Gasteiger partial charge is 0.298 e. The number of nitrogens with zero attached hydrogens (tertiary/aromatic N) is 2. The van der Waals surface area contributed by atoms with Crippen LogP contribution in [0.3, 0.4) is 0 Å². The molecule has 0 saturated heterocycles. The molecule has 0 spiro atoms. The van der Waals surface area contributed by atoms with Gasteiger partial charge in [0.25, 0.3) is 16.0 Å². The van der Waals surface area contributed by atoms with Crippen LogP contribution in [0.4, 0.5) is 0 Å². The Labute approximate surface area is 89.6 Å². The van der Waals surface area contributed by atoms with Crippen LogP contribution in [-0.4, -0.2) is 36.0 Å². The van der Waals surface area contributed by atoms with Gasteiger partial charge in [-0.05, 0) is 6.42 Å². The van der Waals surface area contributed by atoms with Crippen molar-refractivity contribution in [2.75, 3.05) is 12.3 Å². The highest BCUT2D eigenvalue weighted by Gasteiger charge is 2.22. The minimum Gasteiger partial charge on any atom is -0.286 e. The van der Waals surface area contributed by atoms with E-state index in [4.69, 9.17) is 4.55 Å². The second kappa shape index (κ2) is 5.09. The molecule has 1 radical (unpaired) electrons. The van der Waals surface area contributed by atoms with Gasteiger partial charge < -0.3 is 0 Å². The van der Waals surface area contributed by atoms with Crippen molar-refractivity contribution in [2.24, 2.45) is 0 Å². The minimum absolute atomic E-state index is 0.228. The van der Waals surface area contributed by atoms with E-state index >= 15 is 0 Å². The Bertz CT molecular complexity index is 384. The number of hydrogen-bond acceptors (Lipinski definition) is 4. The van der Waals surface area contributed by atoms with Gasteiger partial charge in [-0.15, -0.1) is 0 Å². The summed E-state index contributed by atoms with van der Waals surface area (Å²) in [7, 11) is -3.86. The zero-order valence-corrected chi connectivity index (χ0v) is 9.15. The van der Waals surface area contributed by atoms with Crippen LogP contribution in [0.25, 0.3) is 0 Å². The van der Waals surface area contributed by atoms with Gasteiger partial charge in [0.1, 0.15) is 12.7 Å². The Morgan fingerprint density at radius 2 is 2.33 bits per heavy atom. The van der Waals surface area contributed by atoms with E-state index in [1.54, 1.807) is 12.3 Å². The molecule has 5 nitrogen and oxygen atoms in total. The highest BCUT2D eigenvalue weighted by molar-refractivity contribution is 7.85. The third kappa shape index (κ3) is 4.26. The Morgan fingerprint density at radius 1 is 1.60 bits per heavy atom. The molecular formula is C9H14N2O3S+. The maximum atomic E-state index is 10.5. The first-order valence-electron chi connectivity index (χ1n) is 4.59. The third-order valence-corrected chi connectivity index (χ3v) is 2.73. The molecule has 1 heterocycles. The number of aliphatic imine (C=N–C) groups is 1. The predicted octanol–water partition coefficient (Wildman–Crippen LogP) is 0.362. The minimum atomic E-state index is -3.86. The third-order valence-electron chi connectivity index (χ3n) is 1.93. The van der Waals surface area contributed by atoms with Crippen LogP contribution in [0, 0.1) is 0 Å². The summed E-state index contributed by atoms with van der Waals surface area (Å²) in [5, 5.41) is 0. The molecule has 0 aliphatic carbocycles. The first-order chi connectivity index (χ1) is 7.03. The van der Waals surface area contributed by atoms with Crippen molar-refractivity contribution in [3.63, 3.8) is 0 Å². The van der Waals surface area contributed by atoms with Gasteiger partial charge in [0.2, 0.25) is 0 Å². The van der Waals surface area contributed by atoms with E-state index < -0.39 is 10.1 Å². The van der Waals surface area contributed by atoms with Crippen LogP contribution in [0.5, 0.6) is 0 Å². The SMILES string of the molecule is C=CCN1C=C[N+]=C1CCCS(=O)(=O)O. The highest BCUT2D eigenvalue weighted by atomic mass is 32.2. The highest BCUT2D eigenvalue weighted by Crippen LogP contribution is 2.04. The smallest absolute Gasteiger partial charge is 0.286 e. The van der Waals surface area contributed by atoms with Gasteiger partial charge in [-0.1, -0.05) is 17.6 Å². The summed E-state index contributed by atoms with van der Waals surface area (Å²) in [6.45, 7) is 4.27. The molecule has 1 aliphatic rings. The topological polar surface area (TPSA) is 71.7 Å². The summed E-state index contributed by atoms with van der Waals surface area (Å²) in [5.74, 6) is 0.576. The summed E-state index contributed by atoms with van der Waals surface area (Å²) < 4.78 is 29.5. The van der Waals surface area contributed by atoms with E-state index in [9.17, 15) is 8.42 Å². The van der Waals surface area contributed by atoms with Crippen LogP contribution in [0.1, 0.15) is 12.8 Å². The zero-order chi connectivity index (χ0) is 11.3. The monoisotopic (exact) mass is 230 g/mol. The molecule has 0 aromatic heterocycles. The molecule has 15 heavy (non-hydrogen) atoms. The van der Waals surface area contributed by atoms with Gasteiger partial charge in [0.05, 0.1) is 12.2 Å².